The first-order chi connectivity index (χ1) is 8.35. The molecule has 0 spiro atoms. The van der Waals surface area contributed by atoms with Gasteiger partial charge in [0.05, 0.1) is 0 Å². The summed E-state index contributed by atoms with van der Waals surface area (Å²) in [6.45, 7) is 9.26. The third-order valence-electron chi connectivity index (χ3n) is 2.68. The van der Waals surface area contributed by atoms with E-state index in [4.69, 9.17) is 16.0 Å². The highest BCUT2D eigenvalue weighted by Gasteiger charge is 2.11. The second kappa shape index (κ2) is 4.90. The van der Waals surface area contributed by atoms with E-state index in [2.05, 4.69) is 31.1 Å². The van der Waals surface area contributed by atoms with Crippen molar-refractivity contribution in [2.24, 2.45) is 0 Å². The molecule has 0 aliphatic heterocycles. The fourth-order valence-electron chi connectivity index (χ4n) is 1.85. The van der Waals surface area contributed by atoms with E-state index in [1.807, 2.05) is 19.1 Å². The Kier molecular flexibility index (Phi) is 3.64. The minimum absolute atomic E-state index is 0.116. The van der Waals surface area contributed by atoms with Crippen molar-refractivity contribution < 1.29 is 4.42 Å². The van der Waals surface area contributed by atoms with Crippen molar-refractivity contribution in [3.63, 3.8) is 0 Å². The van der Waals surface area contributed by atoms with Gasteiger partial charge >= 0.3 is 0 Å². The number of hydrogen-bond donors (Lipinski definition) is 1. The van der Waals surface area contributed by atoms with Crippen molar-refractivity contribution >= 4 is 22.7 Å². The van der Waals surface area contributed by atoms with Crippen LogP contribution in [0.1, 0.15) is 32.2 Å². The van der Waals surface area contributed by atoms with Gasteiger partial charge in [0, 0.05) is 23.5 Å². The van der Waals surface area contributed by atoms with Gasteiger partial charge in [0.25, 0.3) is 0 Å². The van der Waals surface area contributed by atoms with Crippen molar-refractivity contribution in [1.82, 2.24) is 10.3 Å². The largest absolute Gasteiger partial charge is 0.440 e. The summed E-state index contributed by atoms with van der Waals surface area (Å²) in [4.78, 5) is 4.46. The molecule has 0 fully saturated rings. The second-order valence-electron chi connectivity index (χ2n) is 5.61. The first kappa shape index (κ1) is 13.4. The Morgan fingerprint density at radius 2 is 2.06 bits per heavy atom. The molecule has 0 atom stereocenters. The molecule has 0 aliphatic rings. The van der Waals surface area contributed by atoms with E-state index < -0.39 is 0 Å². The van der Waals surface area contributed by atoms with Crippen molar-refractivity contribution in [3.8, 4) is 0 Å². The molecule has 0 radical (unpaired) electrons. The lowest BCUT2D eigenvalue weighted by Crippen LogP contribution is -2.37. The zero-order valence-electron chi connectivity index (χ0n) is 11.3. The molecule has 0 saturated heterocycles. The Labute approximate surface area is 113 Å². The lowest BCUT2D eigenvalue weighted by atomic mass is 10.1. The van der Waals surface area contributed by atoms with E-state index in [-0.39, 0.29) is 5.54 Å². The van der Waals surface area contributed by atoms with Gasteiger partial charge in [-0.1, -0.05) is 11.6 Å². The van der Waals surface area contributed by atoms with Crippen LogP contribution in [0.4, 0.5) is 0 Å². The third-order valence-corrected chi connectivity index (χ3v) is 2.90. The fraction of sp³-hybridized carbons (Fsp3) is 0.500. The van der Waals surface area contributed by atoms with Gasteiger partial charge in [-0.05, 0) is 45.4 Å². The van der Waals surface area contributed by atoms with Crippen molar-refractivity contribution in [2.45, 2.75) is 39.7 Å². The number of hydrogen-bond acceptors (Lipinski definition) is 3. The molecule has 1 aromatic carbocycles. The normalized spacial score (nSPS) is 12.3. The predicted octanol–water partition coefficient (Wildman–Crippen LogP) is 3.72. The van der Waals surface area contributed by atoms with Gasteiger partial charge in [0.15, 0.2) is 11.5 Å². The van der Waals surface area contributed by atoms with E-state index >= 15 is 0 Å². The van der Waals surface area contributed by atoms with E-state index in [0.717, 1.165) is 35.5 Å². The smallest absolute Gasteiger partial charge is 0.196 e. The standard InChI is InChI=1S/C14H19ClN2O/c1-9-7-10(15)8-11-13(9)18-12(17-11)5-6-16-14(2,3)4/h7-8,16H,5-6H2,1-4H3. The Morgan fingerprint density at radius 3 is 2.72 bits per heavy atom. The number of oxazole rings is 1. The van der Waals surface area contributed by atoms with E-state index in [9.17, 15) is 0 Å². The quantitative estimate of drug-likeness (QED) is 0.920. The molecule has 0 saturated carbocycles. The average Bonchev–Trinajstić information content (AvgIpc) is 2.58. The maximum Gasteiger partial charge on any atom is 0.196 e. The number of benzene rings is 1. The summed E-state index contributed by atoms with van der Waals surface area (Å²) < 4.78 is 5.76. The number of nitrogens with one attached hydrogen (secondary N) is 1. The first-order valence-corrected chi connectivity index (χ1v) is 6.53. The molecule has 2 rings (SSSR count). The molecule has 0 aliphatic carbocycles. The summed E-state index contributed by atoms with van der Waals surface area (Å²) in [5.74, 6) is 0.757. The van der Waals surface area contributed by atoms with Crippen molar-refractivity contribution in [2.75, 3.05) is 6.54 Å². The Hall–Kier alpha value is -1.06. The Balaban J connectivity index is 2.13. The molecule has 98 valence electrons. The number of aryl methyl sites for hydroxylation is 1. The van der Waals surface area contributed by atoms with Gasteiger partial charge in [0.1, 0.15) is 5.52 Å². The SMILES string of the molecule is Cc1cc(Cl)cc2nc(CCNC(C)(C)C)oc12. The molecule has 0 amide bonds. The number of halogens is 1. The molecule has 1 heterocycles. The molecule has 4 heteroatoms. The van der Waals surface area contributed by atoms with Gasteiger partial charge in [-0.2, -0.15) is 0 Å². The molecule has 1 N–H and O–H groups in total. The number of fused-ring (bicyclic) bond motifs is 1. The number of rotatable bonds is 3. The summed E-state index contributed by atoms with van der Waals surface area (Å²) in [5.41, 5.74) is 2.82. The minimum Gasteiger partial charge on any atom is -0.440 e. The fourth-order valence-corrected chi connectivity index (χ4v) is 2.12. The van der Waals surface area contributed by atoms with Crippen molar-refractivity contribution in [1.29, 1.82) is 0 Å². The highest BCUT2D eigenvalue weighted by atomic mass is 35.5. The molecule has 0 bridgehead atoms. The van der Waals surface area contributed by atoms with Crippen LogP contribution in [0.25, 0.3) is 11.1 Å². The Morgan fingerprint density at radius 1 is 1.33 bits per heavy atom. The van der Waals surface area contributed by atoms with Gasteiger partial charge in [-0.3, -0.25) is 0 Å². The minimum atomic E-state index is 0.116. The van der Waals surface area contributed by atoms with Gasteiger partial charge in [0.2, 0.25) is 0 Å². The van der Waals surface area contributed by atoms with E-state index in [1.165, 1.54) is 0 Å². The maximum atomic E-state index is 6.00. The first-order valence-electron chi connectivity index (χ1n) is 6.16. The topological polar surface area (TPSA) is 38.1 Å². The van der Waals surface area contributed by atoms with Gasteiger partial charge in [-0.25, -0.2) is 4.98 Å². The predicted molar refractivity (Wildman–Crippen MR) is 75.2 cm³/mol. The highest BCUT2D eigenvalue weighted by Crippen LogP contribution is 2.24. The van der Waals surface area contributed by atoms with E-state index in [1.54, 1.807) is 0 Å². The van der Waals surface area contributed by atoms with Crippen LogP contribution in [0.2, 0.25) is 5.02 Å². The summed E-state index contributed by atoms with van der Waals surface area (Å²) in [7, 11) is 0. The summed E-state index contributed by atoms with van der Waals surface area (Å²) >= 11 is 6.00. The zero-order chi connectivity index (χ0) is 13.3. The Bertz CT molecular complexity index is 555. The van der Waals surface area contributed by atoms with Gasteiger partial charge < -0.3 is 9.73 Å². The van der Waals surface area contributed by atoms with Crippen LogP contribution < -0.4 is 5.32 Å². The second-order valence-corrected chi connectivity index (χ2v) is 6.04. The van der Waals surface area contributed by atoms with Crippen molar-refractivity contribution in [3.05, 3.63) is 28.6 Å². The molecule has 2 aromatic rings. The number of nitrogens with zero attached hydrogens (tertiary/aromatic N) is 1. The van der Waals surface area contributed by atoms with Crippen LogP contribution in [0.15, 0.2) is 16.5 Å². The number of aromatic nitrogens is 1. The van der Waals surface area contributed by atoms with E-state index in [0.29, 0.717) is 5.02 Å². The molecule has 18 heavy (non-hydrogen) atoms. The molecule has 3 nitrogen and oxygen atoms in total. The molecular formula is C14H19ClN2O. The van der Waals surface area contributed by atoms with Crippen LogP contribution >= 0.6 is 11.6 Å². The van der Waals surface area contributed by atoms with Crippen LogP contribution in [-0.4, -0.2) is 17.1 Å². The summed E-state index contributed by atoms with van der Waals surface area (Å²) in [6.07, 6.45) is 0.781. The summed E-state index contributed by atoms with van der Waals surface area (Å²) in [6, 6.07) is 3.74. The lowest BCUT2D eigenvalue weighted by molar-refractivity contribution is 0.414. The zero-order valence-corrected chi connectivity index (χ0v) is 12.1. The molecule has 0 unspecified atom stereocenters. The monoisotopic (exact) mass is 266 g/mol. The van der Waals surface area contributed by atoms with Crippen LogP contribution in [-0.2, 0) is 6.42 Å². The molecular weight excluding hydrogens is 248 g/mol. The third kappa shape index (κ3) is 3.24. The maximum absolute atomic E-state index is 6.00. The van der Waals surface area contributed by atoms with Gasteiger partial charge in [-0.15, -0.1) is 0 Å². The average molecular weight is 267 g/mol. The van der Waals surface area contributed by atoms with Crippen LogP contribution in [0.3, 0.4) is 0 Å². The van der Waals surface area contributed by atoms with Crippen LogP contribution in [0, 0.1) is 6.92 Å². The highest BCUT2D eigenvalue weighted by molar-refractivity contribution is 6.31. The lowest BCUT2D eigenvalue weighted by Gasteiger charge is -2.19. The van der Waals surface area contributed by atoms with Crippen LogP contribution in [0.5, 0.6) is 0 Å². The summed E-state index contributed by atoms with van der Waals surface area (Å²) in [5, 5.41) is 4.12. The molecule has 1 aromatic heterocycles.